The standard InChI is InChI=1S/C10H12N4O/c1-4-10(2,3)12-8-6-5-7(9(11)15)13-14-8/h1,5-6H,2-3H3,(H2,11,15)(H,12,14). The maximum atomic E-state index is 10.7. The molecule has 0 spiro atoms. The summed E-state index contributed by atoms with van der Waals surface area (Å²) in [5.41, 5.74) is 4.64. The summed E-state index contributed by atoms with van der Waals surface area (Å²) < 4.78 is 0. The summed E-state index contributed by atoms with van der Waals surface area (Å²) in [6.45, 7) is 3.66. The van der Waals surface area contributed by atoms with Gasteiger partial charge in [0.1, 0.15) is 5.82 Å². The lowest BCUT2D eigenvalue weighted by atomic mass is 10.1. The van der Waals surface area contributed by atoms with E-state index in [9.17, 15) is 4.79 Å². The van der Waals surface area contributed by atoms with E-state index in [1.807, 2.05) is 13.8 Å². The normalized spacial score (nSPS) is 10.5. The molecular weight excluding hydrogens is 192 g/mol. The van der Waals surface area contributed by atoms with Crippen molar-refractivity contribution in [3.63, 3.8) is 0 Å². The van der Waals surface area contributed by atoms with Crippen molar-refractivity contribution in [2.75, 3.05) is 5.32 Å². The third-order valence-electron chi connectivity index (χ3n) is 1.72. The number of nitrogens with zero attached hydrogens (tertiary/aromatic N) is 2. The SMILES string of the molecule is C#CC(C)(C)Nc1ccc(C(N)=O)nn1. The van der Waals surface area contributed by atoms with E-state index in [-0.39, 0.29) is 5.69 Å². The Hall–Kier alpha value is -2.09. The van der Waals surface area contributed by atoms with E-state index < -0.39 is 11.4 Å². The van der Waals surface area contributed by atoms with Gasteiger partial charge < -0.3 is 11.1 Å². The van der Waals surface area contributed by atoms with Gasteiger partial charge in [-0.15, -0.1) is 16.6 Å². The summed E-state index contributed by atoms with van der Waals surface area (Å²) in [6.07, 6.45) is 5.30. The van der Waals surface area contributed by atoms with Crippen molar-refractivity contribution >= 4 is 11.7 Å². The van der Waals surface area contributed by atoms with Gasteiger partial charge >= 0.3 is 0 Å². The average Bonchev–Trinajstić information content (AvgIpc) is 2.18. The van der Waals surface area contributed by atoms with Crippen molar-refractivity contribution in [1.82, 2.24) is 10.2 Å². The number of carbonyl (C=O) groups excluding carboxylic acids is 1. The first-order valence-corrected chi connectivity index (χ1v) is 4.34. The van der Waals surface area contributed by atoms with Crippen molar-refractivity contribution in [3.8, 4) is 12.3 Å². The van der Waals surface area contributed by atoms with Gasteiger partial charge in [-0.1, -0.05) is 5.92 Å². The largest absolute Gasteiger partial charge is 0.364 e. The fraction of sp³-hybridized carbons (Fsp3) is 0.300. The van der Waals surface area contributed by atoms with Crippen molar-refractivity contribution < 1.29 is 4.79 Å². The Labute approximate surface area is 88.1 Å². The smallest absolute Gasteiger partial charge is 0.269 e. The predicted molar refractivity (Wildman–Crippen MR) is 57.1 cm³/mol. The third kappa shape index (κ3) is 2.95. The minimum absolute atomic E-state index is 0.124. The van der Waals surface area contributed by atoms with Gasteiger partial charge in [-0.05, 0) is 26.0 Å². The van der Waals surface area contributed by atoms with Crippen LogP contribution < -0.4 is 11.1 Å². The Bertz CT molecular complexity index is 402. The van der Waals surface area contributed by atoms with Crippen molar-refractivity contribution in [1.29, 1.82) is 0 Å². The predicted octanol–water partition coefficient (Wildman–Crippen LogP) is 0.399. The highest BCUT2D eigenvalue weighted by Crippen LogP contribution is 2.10. The van der Waals surface area contributed by atoms with Crippen molar-refractivity contribution in [3.05, 3.63) is 17.8 Å². The van der Waals surface area contributed by atoms with Gasteiger partial charge in [-0.2, -0.15) is 0 Å². The molecule has 15 heavy (non-hydrogen) atoms. The lowest BCUT2D eigenvalue weighted by Crippen LogP contribution is -2.29. The zero-order valence-electron chi connectivity index (χ0n) is 8.61. The maximum absolute atomic E-state index is 10.7. The Morgan fingerprint density at radius 2 is 2.20 bits per heavy atom. The van der Waals surface area contributed by atoms with E-state index in [0.29, 0.717) is 5.82 Å². The van der Waals surface area contributed by atoms with Crippen LogP contribution in [-0.2, 0) is 0 Å². The number of anilines is 1. The van der Waals surface area contributed by atoms with Crippen LogP contribution in [-0.4, -0.2) is 21.6 Å². The second-order valence-electron chi connectivity index (χ2n) is 3.56. The Morgan fingerprint density at radius 1 is 1.53 bits per heavy atom. The summed E-state index contributed by atoms with van der Waals surface area (Å²) in [4.78, 5) is 10.7. The number of primary amides is 1. The molecule has 0 atom stereocenters. The Kier molecular flexibility index (Phi) is 2.90. The molecule has 0 saturated carbocycles. The van der Waals surface area contributed by atoms with Crippen LogP contribution in [0.3, 0.4) is 0 Å². The van der Waals surface area contributed by atoms with E-state index in [2.05, 4.69) is 21.4 Å². The number of nitrogens with one attached hydrogen (secondary N) is 1. The summed E-state index contributed by atoms with van der Waals surface area (Å²) in [5, 5.41) is 10.4. The molecule has 0 fully saturated rings. The van der Waals surface area contributed by atoms with Gasteiger partial charge in [0.05, 0.1) is 5.54 Å². The molecule has 5 nitrogen and oxygen atoms in total. The summed E-state index contributed by atoms with van der Waals surface area (Å²) >= 11 is 0. The van der Waals surface area contributed by atoms with Crippen LogP contribution in [0.1, 0.15) is 24.3 Å². The van der Waals surface area contributed by atoms with Gasteiger partial charge in [0, 0.05) is 0 Å². The molecule has 1 aromatic heterocycles. The Morgan fingerprint density at radius 3 is 2.60 bits per heavy atom. The lowest BCUT2D eigenvalue weighted by Gasteiger charge is -2.19. The molecule has 0 saturated heterocycles. The van der Waals surface area contributed by atoms with Gasteiger partial charge in [0.15, 0.2) is 5.69 Å². The molecular formula is C10H12N4O. The second kappa shape index (κ2) is 3.96. The molecule has 0 unspecified atom stereocenters. The van der Waals surface area contributed by atoms with Crippen LogP contribution >= 0.6 is 0 Å². The first-order chi connectivity index (χ1) is 6.94. The average molecular weight is 204 g/mol. The minimum Gasteiger partial charge on any atom is -0.364 e. The molecule has 0 radical (unpaired) electrons. The molecule has 1 heterocycles. The molecule has 0 aliphatic carbocycles. The highest BCUT2D eigenvalue weighted by molar-refractivity contribution is 5.90. The quantitative estimate of drug-likeness (QED) is 0.698. The number of hydrogen-bond donors (Lipinski definition) is 2. The molecule has 0 aromatic carbocycles. The first kappa shape index (κ1) is 11.0. The Balaban J connectivity index is 2.83. The molecule has 0 aliphatic rings. The molecule has 5 heteroatoms. The fourth-order valence-corrected chi connectivity index (χ4v) is 0.887. The lowest BCUT2D eigenvalue weighted by molar-refractivity contribution is 0.0994. The van der Waals surface area contributed by atoms with Crippen molar-refractivity contribution in [2.45, 2.75) is 19.4 Å². The van der Waals surface area contributed by atoms with Gasteiger partial charge in [-0.3, -0.25) is 4.79 Å². The van der Waals surface area contributed by atoms with E-state index in [1.165, 1.54) is 6.07 Å². The summed E-state index contributed by atoms with van der Waals surface area (Å²) in [7, 11) is 0. The fourth-order valence-electron chi connectivity index (χ4n) is 0.887. The molecule has 3 N–H and O–H groups in total. The second-order valence-corrected chi connectivity index (χ2v) is 3.56. The van der Waals surface area contributed by atoms with Crippen molar-refractivity contribution in [2.24, 2.45) is 5.73 Å². The van der Waals surface area contributed by atoms with Crippen LogP contribution in [0.25, 0.3) is 0 Å². The van der Waals surface area contributed by atoms with E-state index >= 15 is 0 Å². The van der Waals surface area contributed by atoms with Gasteiger partial charge in [0.2, 0.25) is 0 Å². The molecule has 1 amide bonds. The number of aromatic nitrogens is 2. The minimum atomic E-state index is -0.606. The number of rotatable bonds is 3. The molecule has 1 rings (SSSR count). The maximum Gasteiger partial charge on any atom is 0.269 e. The van der Waals surface area contributed by atoms with Crippen LogP contribution in [0.15, 0.2) is 12.1 Å². The molecule has 0 bridgehead atoms. The third-order valence-corrected chi connectivity index (χ3v) is 1.72. The summed E-state index contributed by atoms with van der Waals surface area (Å²) in [5.74, 6) is 2.45. The highest BCUT2D eigenvalue weighted by Gasteiger charge is 2.14. The number of nitrogens with two attached hydrogens (primary N) is 1. The zero-order chi connectivity index (χ0) is 11.5. The molecule has 1 aromatic rings. The van der Waals surface area contributed by atoms with E-state index in [0.717, 1.165) is 0 Å². The molecule has 0 aliphatic heterocycles. The molecule has 78 valence electrons. The number of carbonyl (C=O) groups is 1. The number of amides is 1. The topological polar surface area (TPSA) is 80.9 Å². The first-order valence-electron chi connectivity index (χ1n) is 4.34. The van der Waals surface area contributed by atoms with E-state index in [4.69, 9.17) is 12.2 Å². The number of terminal acetylenes is 1. The van der Waals surface area contributed by atoms with Gasteiger partial charge in [-0.25, -0.2) is 0 Å². The number of hydrogen-bond acceptors (Lipinski definition) is 4. The monoisotopic (exact) mass is 204 g/mol. The van der Waals surface area contributed by atoms with Crippen LogP contribution in [0, 0.1) is 12.3 Å². The van der Waals surface area contributed by atoms with Gasteiger partial charge in [0.25, 0.3) is 5.91 Å². The summed E-state index contributed by atoms with van der Waals surface area (Å²) in [6, 6.07) is 3.09. The highest BCUT2D eigenvalue weighted by atomic mass is 16.1. The van der Waals surface area contributed by atoms with Crippen LogP contribution in [0.2, 0.25) is 0 Å². The zero-order valence-corrected chi connectivity index (χ0v) is 8.61. The van der Waals surface area contributed by atoms with Crippen LogP contribution in [0.4, 0.5) is 5.82 Å². The van der Waals surface area contributed by atoms with Crippen LogP contribution in [0.5, 0.6) is 0 Å². The van der Waals surface area contributed by atoms with E-state index in [1.54, 1.807) is 6.07 Å².